The van der Waals surface area contributed by atoms with Gasteiger partial charge in [-0.25, -0.2) is 4.98 Å². The summed E-state index contributed by atoms with van der Waals surface area (Å²) >= 11 is 1.55. The van der Waals surface area contributed by atoms with Gasteiger partial charge in [-0.05, 0) is 18.6 Å². The Morgan fingerprint density at radius 3 is 2.92 bits per heavy atom. The van der Waals surface area contributed by atoms with Crippen molar-refractivity contribution >= 4 is 17.2 Å². The average molecular weight is 191 g/mol. The first-order chi connectivity index (χ1) is 6.27. The van der Waals surface area contributed by atoms with Crippen LogP contribution in [0.15, 0.2) is 23.8 Å². The lowest BCUT2D eigenvalue weighted by Crippen LogP contribution is -1.86. The fraction of sp³-hybridized carbons (Fsp3) is 0.111. The van der Waals surface area contributed by atoms with E-state index in [2.05, 4.69) is 9.97 Å². The first-order valence-corrected chi connectivity index (χ1v) is 4.77. The summed E-state index contributed by atoms with van der Waals surface area (Å²) in [6.07, 6.45) is 3.59. The topological polar surface area (TPSA) is 51.8 Å². The molecule has 0 saturated heterocycles. The van der Waals surface area contributed by atoms with E-state index in [4.69, 9.17) is 5.73 Å². The second-order valence-corrected chi connectivity index (χ2v) is 3.63. The Balaban J connectivity index is 2.52. The predicted octanol–water partition coefficient (Wildman–Crippen LogP) is 2.10. The maximum atomic E-state index is 5.55. The fourth-order valence-corrected chi connectivity index (χ4v) is 1.92. The number of aromatic nitrogens is 2. The highest BCUT2D eigenvalue weighted by molar-refractivity contribution is 7.13. The number of anilines is 1. The Labute approximate surface area is 80.3 Å². The number of hydrogen-bond donors (Lipinski definition) is 1. The molecule has 0 radical (unpaired) electrons. The molecule has 0 unspecified atom stereocenters. The molecule has 4 heteroatoms. The quantitative estimate of drug-likeness (QED) is 0.751. The van der Waals surface area contributed by atoms with E-state index in [0.717, 1.165) is 16.1 Å². The molecule has 2 rings (SSSR count). The van der Waals surface area contributed by atoms with Gasteiger partial charge in [0.2, 0.25) is 0 Å². The van der Waals surface area contributed by atoms with Gasteiger partial charge in [0.25, 0.3) is 0 Å². The first-order valence-electron chi connectivity index (χ1n) is 3.89. The maximum Gasteiger partial charge on any atom is 0.135 e. The Morgan fingerprint density at radius 2 is 2.31 bits per heavy atom. The molecule has 0 aliphatic heterocycles. The van der Waals surface area contributed by atoms with Crippen LogP contribution >= 0.6 is 11.3 Å². The van der Waals surface area contributed by atoms with E-state index in [1.165, 1.54) is 0 Å². The van der Waals surface area contributed by atoms with Crippen LogP contribution in [-0.2, 0) is 0 Å². The van der Waals surface area contributed by atoms with Crippen LogP contribution in [0.25, 0.3) is 10.6 Å². The highest BCUT2D eigenvalue weighted by Crippen LogP contribution is 2.26. The molecule has 0 aliphatic carbocycles. The lowest BCUT2D eigenvalue weighted by molar-refractivity contribution is 1.26. The monoisotopic (exact) mass is 191 g/mol. The summed E-state index contributed by atoms with van der Waals surface area (Å²) in [7, 11) is 0. The highest BCUT2D eigenvalue weighted by atomic mass is 32.1. The summed E-state index contributed by atoms with van der Waals surface area (Å²) in [5.74, 6) is 0.580. The van der Waals surface area contributed by atoms with Crippen molar-refractivity contribution in [3.05, 3.63) is 29.4 Å². The van der Waals surface area contributed by atoms with Crippen molar-refractivity contribution in [3.63, 3.8) is 0 Å². The number of rotatable bonds is 1. The zero-order valence-electron chi connectivity index (χ0n) is 7.19. The molecule has 66 valence electrons. The third kappa shape index (κ3) is 1.53. The Hall–Kier alpha value is -1.42. The molecule has 2 N–H and O–H groups in total. The molecule has 2 aromatic rings. The van der Waals surface area contributed by atoms with Crippen LogP contribution < -0.4 is 5.73 Å². The summed E-state index contributed by atoms with van der Waals surface area (Å²) < 4.78 is 0. The zero-order valence-corrected chi connectivity index (χ0v) is 8.01. The van der Waals surface area contributed by atoms with Gasteiger partial charge >= 0.3 is 0 Å². The molecular weight excluding hydrogens is 182 g/mol. The van der Waals surface area contributed by atoms with Gasteiger partial charge in [-0.1, -0.05) is 0 Å². The standard InChI is InChI=1S/C9H9N3S/c1-6-4-11-3-2-7(6)9-12-8(10)5-13-9/h2-5H,10H2,1H3. The number of nitrogens with two attached hydrogens (primary N) is 1. The van der Waals surface area contributed by atoms with Crippen LogP contribution in [0.2, 0.25) is 0 Å². The summed E-state index contributed by atoms with van der Waals surface area (Å²) in [6, 6.07) is 1.95. The van der Waals surface area contributed by atoms with Gasteiger partial charge in [-0.15, -0.1) is 11.3 Å². The number of hydrogen-bond acceptors (Lipinski definition) is 4. The SMILES string of the molecule is Cc1cnccc1-c1nc(N)cs1. The second-order valence-electron chi connectivity index (χ2n) is 2.77. The molecule has 2 aromatic heterocycles. The van der Waals surface area contributed by atoms with Crippen molar-refractivity contribution in [3.8, 4) is 10.6 Å². The average Bonchev–Trinajstić information content (AvgIpc) is 2.53. The molecule has 13 heavy (non-hydrogen) atoms. The van der Waals surface area contributed by atoms with Gasteiger partial charge in [-0.2, -0.15) is 0 Å². The van der Waals surface area contributed by atoms with Crippen molar-refractivity contribution in [2.75, 3.05) is 5.73 Å². The van der Waals surface area contributed by atoms with Crippen LogP contribution in [0.3, 0.4) is 0 Å². The zero-order chi connectivity index (χ0) is 9.26. The molecule has 0 bridgehead atoms. The minimum Gasteiger partial charge on any atom is -0.383 e. The van der Waals surface area contributed by atoms with Crippen LogP contribution in [0.4, 0.5) is 5.82 Å². The lowest BCUT2D eigenvalue weighted by Gasteiger charge is -1.98. The normalized spacial score (nSPS) is 10.2. The van der Waals surface area contributed by atoms with E-state index in [9.17, 15) is 0 Å². The van der Waals surface area contributed by atoms with E-state index in [-0.39, 0.29) is 0 Å². The summed E-state index contributed by atoms with van der Waals surface area (Å²) in [6.45, 7) is 2.01. The van der Waals surface area contributed by atoms with Crippen molar-refractivity contribution in [1.82, 2.24) is 9.97 Å². The molecule has 0 aliphatic rings. The molecule has 2 heterocycles. The molecular formula is C9H9N3S. The smallest absolute Gasteiger partial charge is 0.135 e. The molecule has 0 saturated carbocycles. The summed E-state index contributed by atoms with van der Waals surface area (Å²) in [4.78, 5) is 8.23. The fourth-order valence-electron chi connectivity index (χ4n) is 1.12. The molecule has 3 nitrogen and oxygen atoms in total. The van der Waals surface area contributed by atoms with Crippen LogP contribution in [0, 0.1) is 6.92 Å². The lowest BCUT2D eigenvalue weighted by atomic mass is 10.2. The summed E-state index contributed by atoms with van der Waals surface area (Å²) in [5.41, 5.74) is 7.78. The molecule has 0 aromatic carbocycles. The van der Waals surface area contributed by atoms with Gasteiger partial charge in [0, 0.05) is 23.3 Å². The maximum absolute atomic E-state index is 5.55. The second kappa shape index (κ2) is 3.14. The van der Waals surface area contributed by atoms with Gasteiger partial charge < -0.3 is 5.73 Å². The number of pyridine rings is 1. The molecule has 0 amide bonds. The number of thiazole rings is 1. The van der Waals surface area contributed by atoms with Crippen LogP contribution in [-0.4, -0.2) is 9.97 Å². The minimum atomic E-state index is 0.580. The van der Waals surface area contributed by atoms with E-state index in [1.54, 1.807) is 17.5 Å². The molecule has 0 spiro atoms. The van der Waals surface area contributed by atoms with Crippen molar-refractivity contribution < 1.29 is 0 Å². The number of nitrogen functional groups attached to an aromatic ring is 1. The third-order valence-corrected chi connectivity index (χ3v) is 2.67. The van der Waals surface area contributed by atoms with Gasteiger partial charge in [-0.3, -0.25) is 4.98 Å². The third-order valence-electron chi connectivity index (χ3n) is 1.77. The van der Waals surface area contributed by atoms with E-state index < -0.39 is 0 Å². The minimum absolute atomic E-state index is 0.580. The van der Waals surface area contributed by atoms with Gasteiger partial charge in [0.05, 0.1) is 0 Å². The predicted molar refractivity (Wildman–Crippen MR) is 54.5 cm³/mol. The Bertz CT molecular complexity index is 422. The number of aryl methyl sites for hydroxylation is 1. The Kier molecular flexibility index (Phi) is 1.98. The molecule has 0 atom stereocenters. The van der Waals surface area contributed by atoms with Crippen molar-refractivity contribution in [2.24, 2.45) is 0 Å². The van der Waals surface area contributed by atoms with Crippen molar-refractivity contribution in [2.45, 2.75) is 6.92 Å². The summed E-state index contributed by atoms with van der Waals surface area (Å²) in [5, 5.41) is 2.80. The van der Waals surface area contributed by atoms with E-state index in [1.807, 2.05) is 24.6 Å². The van der Waals surface area contributed by atoms with Gasteiger partial charge in [0.1, 0.15) is 10.8 Å². The van der Waals surface area contributed by atoms with E-state index >= 15 is 0 Å². The first kappa shape index (κ1) is 8.19. The van der Waals surface area contributed by atoms with E-state index in [0.29, 0.717) is 5.82 Å². The van der Waals surface area contributed by atoms with Gasteiger partial charge in [0.15, 0.2) is 0 Å². The van der Waals surface area contributed by atoms with Crippen LogP contribution in [0.1, 0.15) is 5.56 Å². The molecule has 0 fully saturated rings. The largest absolute Gasteiger partial charge is 0.383 e. The number of nitrogens with zero attached hydrogens (tertiary/aromatic N) is 2. The van der Waals surface area contributed by atoms with Crippen molar-refractivity contribution in [1.29, 1.82) is 0 Å². The Morgan fingerprint density at radius 1 is 1.46 bits per heavy atom. The highest BCUT2D eigenvalue weighted by Gasteiger charge is 2.04. The van der Waals surface area contributed by atoms with Crippen LogP contribution in [0.5, 0.6) is 0 Å².